The molecule has 2 rings (SSSR count). The number of methoxy groups -OCH3 is 2. The summed E-state index contributed by atoms with van der Waals surface area (Å²) < 4.78 is 15.8. The third-order valence-electron chi connectivity index (χ3n) is 3.80. The first-order valence-corrected chi connectivity index (χ1v) is 7.54. The molecule has 0 bridgehead atoms. The minimum Gasteiger partial charge on any atom is -0.493 e. The average molecular weight is 349 g/mol. The minimum atomic E-state index is -1.01. The van der Waals surface area contributed by atoms with Gasteiger partial charge in [0.25, 0.3) is 0 Å². The molecule has 8 heteroatoms. The highest BCUT2D eigenvalue weighted by Crippen LogP contribution is 2.36. The number of carboxylic acids is 1. The molecule has 0 aliphatic rings. The molecule has 0 aliphatic carbocycles. The number of amides is 1. The number of fused-ring (bicyclic) bond motifs is 1. The molecule has 2 aromatic rings. The maximum Gasteiger partial charge on any atom is 0.340 e. The molecule has 134 valence electrons. The number of ether oxygens (including phenoxy) is 2. The predicted octanol–water partition coefficient (Wildman–Crippen LogP) is 1.25. The number of carboxylic acid groups (broad SMARTS) is 1. The van der Waals surface area contributed by atoms with Crippen molar-refractivity contribution in [2.45, 2.75) is 19.8 Å². The number of carbonyl (C=O) groups is 2. The third kappa shape index (κ3) is 3.90. The number of carbonyl (C=O) groups excluding carboxylic acids is 1. The van der Waals surface area contributed by atoms with E-state index >= 15 is 0 Å². The van der Waals surface area contributed by atoms with Gasteiger partial charge in [-0.05, 0) is 24.6 Å². The molecule has 0 saturated heterocycles. The van der Waals surface area contributed by atoms with Crippen LogP contribution in [0, 0.1) is 6.92 Å². The van der Waals surface area contributed by atoms with E-state index in [4.69, 9.17) is 19.0 Å². The topological polar surface area (TPSA) is 115 Å². The summed E-state index contributed by atoms with van der Waals surface area (Å²) in [5, 5.41) is 11.7. The van der Waals surface area contributed by atoms with Crippen molar-refractivity contribution in [1.82, 2.24) is 5.32 Å². The molecule has 0 radical (unpaired) electrons. The Balaban J connectivity index is 2.38. The molecule has 25 heavy (non-hydrogen) atoms. The van der Waals surface area contributed by atoms with Gasteiger partial charge >= 0.3 is 11.6 Å². The van der Waals surface area contributed by atoms with Crippen molar-refractivity contribution in [2.24, 2.45) is 0 Å². The van der Waals surface area contributed by atoms with E-state index in [1.165, 1.54) is 14.2 Å². The van der Waals surface area contributed by atoms with Crippen molar-refractivity contribution < 1.29 is 28.6 Å². The van der Waals surface area contributed by atoms with Crippen LogP contribution in [-0.4, -0.2) is 37.7 Å². The molecule has 0 aliphatic heterocycles. The van der Waals surface area contributed by atoms with E-state index in [-0.39, 0.29) is 30.5 Å². The Kier molecular flexibility index (Phi) is 5.63. The molecule has 8 nitrogen and oxygen atoms in total. The van der Waals surface area contributed by atoms with Gasteiger partial charge in [0.1, 0.15) is 0 Å². The number of hydrogen-bond donors (Lipinski definition) is 2. The Morgan fingerprint density at radius 2 is 1.96 bits per heavy atom. The molecule has 0 saturated carbocycles. The van der Waals surface area contributed by atoms with Crippen LogP contribution in [-0.2, 0) is 16.0 Å². The van der Waals surface area contributed by atoms with E-state index in [2.05, 4.69) is 5.32 Å². The number of aryl methyl sites for hydroxylation is 1. The molecule has 2 N–H and O–H groups in total. The summed E-state index contributed by atoms with van der Waals surface area (Å²) in [5.41, 5.74) is 0.414. The number of rotatable bonds is 7. The van der Waals surface area contributed by atoms with Crippen LogP contribution in [0.3, 0.4) is 0 Å². The van der Waals surface area contributed by atoms with Gasteiger partial charge < -0.3 is 24.3 Å². The zero-order valence-corrected chi connectivity index (χ0v) is 14.2. The highest BCUT2D eigenvalue weighted by Gasteiger charge is 2.19. The first-order valence-electron chi connectivity index (χ1n) is 7.54. The van der Waals surface area contributed by atoms with E-state index in [9.17, 15) is 14.4 Å². The van der Waals surface area contributed by atoms with Crippen molar-refractivity contribution in [1.29, 1.82) is 0 Å². The van der Waals surface area contributed by atoms with Gasteiger partial charge in [-0.25, -0.2) is 4.79 Å². The molecule has 0 fully saturated rings. The largest absolute Gasteiger partial charge is 0.493 e. The second kappa shape index (κ2) is 7.69. The molecule has 1 amide bonds. The number of nitrogens with one attached hydrogen (secondary N) is 1. The number of benzene rings is 1. The van der Waals surface area contributed by atoms with Gasteiger partial charge in [-0.1, -0.05) is 0 Å². The van der Waals surface area contributed by atoms with Crippen molar-refractivity contribution in [3.63, 3.8) is 0 Å². The number of aliphatic carboxylic acids is 1. The van der Waals surface area contributed by atoms with Gasteiger partial charge in [0.2, 0.25) is 11.7 Å². The zero-order chi connectivity index (χ0) is 18.6. The first kappa shape index (κ1) is 18.3. The van der Waals surface area contributed by atoms with E-state index in [0.717, 1.165) is 0 Å². The average Bonchev–Trinajstić information content (AvgIpc) is 2.57. The zero-order valence-electron chi connectivity index (χ0n) is 14.2. The highest BCUT2D eigenvalue weighted by molar-refractivity contribution is 5.89. The molecular weight excluding hydrogens is 330 g/mol. The van der Waals surface area contributed by atoms with E-state index < -0.39 is 17.5 Å². The fourth-order valence-corrected chi connectivity index (χ4v) is 2.50. The van der Waals surface area contributed by atoms with Gasteiger partial charge in [0, 0.05) is 11.9 Å². The molecule has 1 heterocycles. The maximum absolute atomic E-state index is 12.3. The minimum absolute atomic E-state index is 0.00283. The van der Waals surface area contributed by atoms with Gasteiger partial charge in [-0.15, -0.1) is 0 Å². The van der Waals surface area contributed by atoms with Crippen LogP contribution in [0.1, 0.15) is 17.5 Å². The van der Waals surface area contributed by atoms with Crippen LogP contribution in [0.25, 0.3) is 11.0 Å². The Hall–Kier alpha value is -3.03. The summed E-state index contributed by atoms with van der Waals surface area (Å²) >= 11 is 0. The lowest BCUT2D eigenvalue weighted by molar-refractivity contribution is -0.136. The lowest BCUT2D eigenvalue weighted by Gasteiger charge is -2.12. The third-order valence-corrected chi connectivity index (χ3v) is 3.80. The molecular formula is C17H19NO7. The van der Waals surface area contributed by atoms with Gasteiger partial charge in [0.15, 0.2) is 11.3 Å². The van der Waals surface area contributed by atoms with Crippen molar-refractivity contribution in [3.05, 3.63) is 33.7 Å². The summed E-state index contributed by atoms with van der Waals surface area (Å²) in [6.07, 6.45) is -0.383. The van der Waals surface area contributed by atoms with Crippen LogP contribution >= 0.6 is 0 Å². The molecule has 0 unspecified atom stereocenters. The highest BCUT2D eigenvalue weighted by atomic mass is 16.5. The van der Waals surface area contributed by atoms with Crippen LogP contribution in [0.2, 0.25) is 0 Å². The quantitative estimate of drug-likeness (QED) is 0.723. The number of hydrogen-bond acceptors (Lipinski definition) is 6. The fourth-order valence-electron chi connectivity index (χ4n) is 2.50. The van der Waals surface area contributed by atoms with Gasteiger partial charge in [-0.2, -0.15) is 0 Å². The van der Waals surface area contributed by atoms with Crippen molar-refractivity contribution in [2.75, 3.05) is 20.8 Å². The lowest BCUT2D eigenvalue weighted by atomic mass is 10.0. The summed E-state index contributed by atoms with van der Waals surface area (Å²) in [4.78, 5) is 34.7. The summed E-state index contributed by atoms with van der Waals surface area (Å²) in [7, 11) is 2.92. The van der Waals surface area contributed by atoms with Crippen LogP contribution in [0.4, 0.5) is 0 Å². The molecule has 1 aromatic heterocycles. The molecule has 0 spiro atoms. The maximum atomic E-state index is 12.3. The second-order valence-electron chi connectivity index (χ2n) is 5.34. The van der Waals surface area contributed by atoms with Crippen molar-refractivity contribution >= 4 is 22.8 Å². The standard InChI is InChI=1S/C17H19NO7/c1-9-10-4-5-12(23-2)16(24-3)15(10)25-17(22)11(9)8-13(19)18-7-6-14(20)21/h4-5H,6-8H2,1-3H3,(H,18,19)(H,20,21). The predicted molar refractivity (Wildman–Crippen MR) is 89.3 cm³/mol. The van der Waals surface area contributed by atoms with Crippen molar-refractivity contribution in [3.8, 4) is 11.5 Å². The summed E-state index contributed by atoms with van der Waals surface area (Å²) in [6, 6.07) is 3.41. The molecule has 0 atom stereocenters. The summed E-state index contributed by atoms with van der Waals surface area (Å²) in [6.45, 7) is 1.71. The Bertz CT molecular complexity index is 869. The summed E-state index contributed by atoms with van der Waals surface area (Å²) in [5.74, 6) is -0.728. The fraction of sp³-hybridized carbons (Fsp3) is 0.353. The van der Waals surface area contributed by atoms with E-state index in [1.807, 2.05) is 0 Å². The second-order valence-corrected chi connectivity index (χ2v) is 5.34. The normalized spacial score (nSPS) is 10.5. The first-order chi connectivity index (χ1) is 11.9. The van der Waals surface area contributed by atoms with Gasteiger partial charge in [0.05, 0.1) is 32.6 Å². The molecule has 1 aromatic carbocycles. The Morgan fingerprint density at radius 3 is 2.56 bits per heavy atom. The SMILES string of the molecule is COc1ccc2c(C)c(CC(=O)NCCC(=O)O)c(=O)oc2c1OC. The van der Waals surface area contributed by atoms with Crippen LogP contribution in [0.5, 0.6) is 11.5 Å². The Morgan fingerprint density at radius 1 is 1.24 bits per heavy atom. The lowest BCUT2D eigenvalue weighted by Crippen LogP contribution is -2.29. The monoisotopic (exact) mass is 349 g/mol. The Labute approximate surface area is 143 Å². The van der Waals surface area contributed by atoms with Gasteiger partial charge in [-0.3, -0.25) is 9.59 Å². The van der Waals surface area contributed by atoms with E-state index in [1.54, 1.807) is 19.1 Å². The van der Waals surface area contributed by atoms with E-state index in [0.29, 0.717) is 22.4 Å². The van der Waals surface area contributed by atoms with Crippen LogP contribution in [0.15, 0.2) is 21.3 Å². The smallest absolute Gasteiger partial charge is 0.340 e. The van der Waals surface area contributed by atoms with Crippen LogP contribution < -0.4 is 20.4 Å².